The van der Waals surface area contributed by atoms with Gasteiger partial charge in [0.1, 0.15) is 4.90 Å². The van der Waals surface area contributed by atoms with Gasteiger partial charge < -0.3 is 4.90 Å². The molecule has 0 bridgehead atoms. The number of sulfonamides is 1. The Morgan fingerprint density at radius 2 is 1.91 bits per heavy atom. The van der Waals surface area contributed by atoms with E-state index >= 15 is 0 Å². The Morgan fingerprint density at radius 3 is 2.48 bits per heavy atom. The van der Waals surface area contributed by atoms with E-state index in [4.69, 9.17) is 0 Å². The van der Waals surface area contributed by atoms with Crippen LogP contribution in [0.5, 0.6) is 0 Å². The van der Waals surface area contributed by atoms with Gasteiger partial charge in [-0.3, -0.25) is 4.68 Å². The number of aromatic nitrogens is 2. The molecule has 1 aromatic heterocycles. The van der Waals surface area contributed by atoms with Crippen LogP contribution in [0.4, 0.5) is 0 Å². The molecule has 0 aromatic carbocycles. The minimum absolute atomic E-state index is 0.0651. The molecule has 1 saturated carbocycles. The van der Waals surface area contributed by atoms with Crippen LogP contribution in [-0.2, 0) is 16.6 Å². The predicted octanol–water partition coefficient (Wildman–Crippen LogP) is 1.84. The number of nitrogens with one attached hydrogen (secondary N) is 1. The van der Waals surface area contributed by atoms with E-state index < -0.39 is 10.0 Å². The Morgan fingerprint density at radius 1 is 1.26 bits per heavy atom. The van der Waals surface area contributed by atoms with Crippen LogP contribution in [0, 0.1) is 5.41 Å². The van der Waals surface area contributed by atoms with Gasteiger partial charge in [-0.15, -0.1) is 0 Å². The fraction of sp³-hybridized carbons (Fsp3) is 0.812. The Kier molecular flexibility index (Phi) is 4.80. The van der Waals surface area contributed by atoms with E-state index in [0.717, 1.165) is 25.7 Å². The van der Waals surface area contributed by atoms with Crippen molar-refractivity contribution in [3.63, 3.8) is 0 Å². The SMILES string of the molecule is CCn1cc(S(=O)(=O)NC2CCC3(CC2)CCN(C)CC3)cn1. The monoisotopic (exact) mass is 340 g/mol. The van der Waals surface area contributed by atoms with Crippen molar-refractivity contribution in [2.24, 2.45) is 5.41 Å². The van der Waals surface area contributed by atoms with Gasteiger partial charge in [0.2, 0.25) is 10.0 Å². The molecule has 2 heterocycles. The fourth-order valence-electron chi connectivity index (χ4n) is 3.88. The number of likely N-dealkylation sites (tertiary alicyclic amines) is 1. The zero-order valence-electron chi connectivity index (χ0n) is 14.2. The van der Waals surface area contributed by atoms with Gasteiger partial charge in [0.15, 0.2) is 0 Å². The van der Waals surface area contributed by atoms with Crippen LogP contribution >= 0.6 is 0 Å². The minimum atomic E-state index is -3.44. The Labute approximate surface area is 139 Å². The fourth-order valence-corrected chi connectivity index (χ4v) is 5.14. The van der Waals surface area contributed by atoms with Gasteiger partial charge in [0.05, 0.1) is 6.20 Å². The van der Waals surface area contributed by atoms with Gasteiger partial charge in [-0.1, -0.05) is 0 Å². The summed E-state index contributed by atoms with van der Waals surface area (Å²) < 4.78 is 29.5. The molecule has 6 nitrogen and oxygen atoms in total. The number of rotatable bonds is 4. The second-order valence-electron chi connectivity index (χ2n) is 7.23. The lowest BCUT2D eigenvalue weighted by molar-refractivity contribution is 0.0729. The van der Waals surface area contributed by atoms with E-state index in [9.17, 15) is 8.42 Å². The van der Waals surface area contributed by atoms with E-state index in [1.807, 2.05) is 6.92 Å². The molecule has 0 atom stereocenters. The molecule has 0 unspecified atom stereocenters. The molecule has 0 amide bonds. The summed E-state index contributed by atoms with van der Waals surface area (Å²) in [5.41, 5.74) is 0.460. The maximum absolute atomic E-state index is 12.5. The van der Waals surface area contributed by atoms with Crippen molar-refractivity contribution in [3.8, 4) is 0 Å². The van der Waals surface area contributed by atoms with E-state index in [2.05, 4.69) is 21.8 Å². The Hall–Kier alpha value is -0.920. The van der Waals surface area contributed by atoms with Crippen LogP contribution in [0.3, 0.4) is 0 Å². The van der Waals surface area contributed by atoms with Crippen molar-refractivity contribution in [2.45, 2.75) is 62.9 Å². The maximum atomic E-state index is 12.5. The number of nitrogens with zero attached hydrogens (tertiary/aromatic N) is 3. The first-order chi connectivity index (χ1) is 10.9. The summed E-state index contributed by atoms with van der Waals surface area (Å²) in [7, 11) is -1.26. The highest BCUT2D eigenvalue weighted by Crippen LogP contribution is 2.44. The van der Waals surface area contributed by atoms with E-state index in [1.165, 1.54) is 32.1 Å². The number of hydrogen-bond donors (Lipinski definition) is 1. The average molecular weight is 340 g/mol. The summed E-state index contributed by atoms with van der Waals surface area (Å²) in [6.07, 6.45) is 9.73. The molecule has 1 spiro atoms. The first-order valence-electron chi connectivity index (χ1n) is 8.66. The lowest BCUT2D eigenvalue weighted by atomic mass is 9.67. The van der Waals surface area contributed by atoms with Gasteiger partial charge in [0, 0.05) is 18.8 Å². The lowest BCUT2D eigenvalue weighted by Gasteiger charge is -2.45. The zero-order valence-corrected chi connectivity index (χ0v) is 15.0. The maximum Gasteiger partial charge on any atom is 0.243 e. The van der Waals surface area contributed by atoms with Crippen molar-refractivity contribution in [2.75, 3.05) is 20.1 Å². The number of aryl methyl sites for hydroxylation is 1. The van der Waals surface area contributed by atoms with Crippen molar-refractivity contribution < 1.29 is 8.42 Å². The second kappa shape index (κ2) is 6.53. The van der Waals surface area contributed by atoms with E-state index in [1.54, 1.807) is 10.9 Å². The van der Waals surface area contributed by atoms with Crippen LogP contribution in [0.2, 0.25) is 0 Å². The summed E-state index contributed by atoms with van der Waals surface area (Å²) >= 11 is 0. The zero-order chi connectivity index (χ0) is 16.5. The summed E-state index contributed by atoms with van der Waals surface area (Å²) in [6, 6.07) is 0.0651. The summed E-state index contributed by atoms with van der Waals surface area (Å²) in [4.78, 5) is 2.67. The van der Waals surface area contributed by atoms with Gasteiger partial charge in [0.25, 0.3) is 0 Å². The van der Waals surface area contributed by atoms with Crippen molar-refractivity contribution in [1.29, 1.82) is 0 Å². The molecule has 1 aliphatic heterocycles. The molecule has 7 heteroatoms. The molecule has 2 aliphatic rings. The van der Waals surface area contributed by atoms with E-state index in [0.29, 0.717) is 12.0 Å². The second-order valence-corrected chi connectivity index (χ2v) is 8.94. The molecular formula is C16H28N4O2S. The van der Waals surface area contributed by atoms with Crippen LogP contribution in [0.25, 0.3) is 0 Å². The summed E-state index contributed by atoms with van der Waals surface area (Å²) in [5.74, 6) is 0. The van der Waals surface area contributed by atoms with Gasteiger partial charge in [-0.25, -0.2) is 13.1 Å². The molecule has 1 N–H and O–H groups in total. The van der Waals surface area contributed by atoms with Gasteiger partial charge >= 0.3 is 0 Å². The third kappa shape index (κ3) is 3.78. The minimum Gasteiger partial charge on any atom is -0.306 e. The van der Waals surface area contributed by atoms with Gasteiger partial charge in [-0.2, -0.15) is 5.10 Å². The molecule has 23 heavy (non-hydrogen) atoms. The van der Waals surface area contributed by atoms with Crippen molar-refractivity contribution in [1.82, 2.24) is 19.4 Å². The molecule has 1 aromatic rings. The number of hydrogen-bond acceptors (Lipinski definition) is 4. The summed E-state index contributed by atoms with van der Waals surface area (Å²) in [5, 5.41) is 4.06. The molecule has 0 radical (unpaired) electrons. The molecule has 130 valence electrons. The largest absolute Gasteiger partial charge is 0.306 e. The predicted molar refractivity (Wildman–Crippen MR) is 89.6 cm³/mol. The molecule has 1 saturated heterocycles. The third-order valence-corrected chi connectivity index (χ3v) is 7.13. The van der Waals surface area contributed by atoms with Gasteiger partial charge in [-0.05, 0) is 71.0 Å². The quantitative estimate of drug-likeness (QED) is 0.908. The van der Waals surface area contributed by atoms with Crippen molar-refractivity contribution >= 4 is 10.0 Å². The Bertz CT molecular complexity index is 622. The molecular weight excluding hydrogens is 312 g/mol. The third-order valence-electron chi connectivity index (χ3n) is 5.66. The number of piperidine rings is 1. The normalized spacial score (nSPS) is 23.4. The van der Waals surface area contributed by atoms with Crippen LogP contribution in [0.1, 0.15) is 45.4 Å². The highest BCUT2D eigenvalue weighted by Gasteiger charge is 2.38. The van der Waals surface area contributed by atoms with Crippen LogP contribution < -0.4 is 4.72 Å². The molecule has 2 fully saturated rings. The lowest BCUT2D eigenvalue weighted by Crippen LogP contribution is -2.44. The van der Waals surface area contributed by atoms with Crippen molar-refractivity contribution in [3.05, 3.63) is 12.4 Å². The highest BCUT2D eigenvalue weighted by atomic mass is 32.2. The first-order valence-corrected chi connectivity index (χ1v) is 10.1. The Balaban J connectivity index is 1.58. The summed E-state index contributed by atoms with van der Waals surface area (Å²) in [6.45, 7) is 4.97. The highest BCUT2D eigenvalue weighted by molar-refractivity contribution is 7.89. The molecule has 3 rings (SSSR count). The van der Waals surface area contributed by atoms with Crippen LogP contribution in [-0.4, -0.2) is 49.3 Å². The van der Waals surface area contributed by atoms with E-state index in [-0.39, 0.29) is 10.9 Å². The molecule has 1 aliphatic carbocycles. The van der Waals surface area contributed by atoms with Crippen LogP contribution in [0.15, 0.2) is 17.3 Å². The topological polar surface area (TPSA) is 67.2 Å². The first kappa shape index (κ1) is 16.9. The smallest absolute Gasteiger partial charge is 0.243 e. The standard InChI is InChI=1S/C16H28N4O2S/c1-3-20-13-15(12-17-20)23(21,22)18-14-4-6-16(7-5-14)8-10-19(2)11-9-16/h12-14,18H,3-11H2,1-2H3. The average Bonchev–Trinajstić information content (AvgIpc) is 3.03.